The molecule has 0 rings (SSSR count). The fourth-order valence-electron chi connectivity index (χ4n) is 2.28. The molecule has 0 aliphatic rings. The molecule has 0 unspecified atom stereocenters. The van der Waals surface area contributed by atoms with Gasteiger partial charge in [0.15, 0.2) is 49.9 Å². The maximum absolute atomic E-state index is 5.97. The molecule has 41 heavy (non-hydrogen) atoms. The Kier molecular flexibility index (Phi) is 55.5. The monoisotopic (exact) mass is 1040 g/mol. The van der Waals surface area contributed by atoms with Gasteiger partial charge in [-0.2, -0.15) is 0 Å². The van der Waals surface area contributed by atoms with Crippen LogP contribution in [0.25, 0.3) is 0 Å². The third kappa shape index (κ3) is 45.6. The molecule has 0 fully saturated rings. The van der Waals surface area contributed by atoms with E-state index < -0.39 is 49.9 Å². The molecule has 0 aliphatic carbocycles. The smallest absolute Gasteiger partial charge is 0.198 e. The SMILES string of the molecule is C=C[Si](C)(C)O[Si](C)(C)C=C.C=C[Si](C)(C)O[Si](C)(C)C=C.C=C[Si](C)(C)O[Si](C)(C)C=C.[CH3-].[CH3-].[CH3-].[CH3-].[CH3-].[CH3-].[Pt].[Pt]. The molecule has 0 bridgehead atoms. The van der Waals surface area contributed by atoms with Gasteiger partial charge in [-0.3, -0.25) is 0 Å². The molecule has 0 aromatic heterocycles. The van der Waals surface area contributed by atoms with Crippen LogP contribution < -0.4 is 0 Å². The van der Waals surface area contributed by atoms with E-state index >= 15 is 0 Å². The van der Waals surface area contributed by atoms with Crippen LogP contribution in [0.15, 0.2) is 73.7 Å². The minimum absolute atomic E-state index is 0. The molecule has 0 atom stereocenters. The van der Waals surface area contributed by atoms with Crippen LogP contribution in [-0.2, 0) is 54.5 Å². The van der Waals surface area contributed by atoms with Crippen LogP contribution in [0.4, 0.5) is 0 Å². The average Bonchev–Trinajstić information content (AvgIpc) is 2.67. The molecular weight excluding hydrogens is 967 g/mol. The van der Waals surface area contributed by atoms with Crippen LogP contribution in [0.1, 0.15) is 0 Å². The Morgan fingerprint density at radius 2 is 0.366 bits per heavy atom. The van der Waals surface area contributed by atoms with Crippen molar-refractivity contribution >= 4 is 49.9 Å². The van der Waals surface area contributed by atoms with Gasteiger partial charge in [0.05, 0.1) is 0 Å². The summed E-state index contributed by atoms with van der Waals surface area (Å²) in [7, 11) is -9.48. The van der Waals surface area contributed by atoms with Crippen LogP contribution in [0, 0.1) is 44.6 Å². The second-order valence-corrected chi connectivity index (χ2v) is 35.3. The summed E-state index contributed by atoms with van der Waals surface area (Å²) in [5, 5.41) is 0. The third-order valence-corrected chi connectivity index (χ3v) is 23.1. The zero-order valence-electron chi connectivity index (χ0n) is 30.6. The summed E-state index contributed by atoms with van der Waals surface area (Å²) in [4.78, 5) is 0. The van der Waals surface area contributed by atoms with E-state index in [2.05, 4.69) is 118 Å². The van der Waals surface area contributed by atoms with E-state index in [9.17, 15) is 0 Å². The molecular formula is C30H72O3Pt2Si6-6. The van der Waals surface area contributed by atoms with Crippen molar-refractivity contribution in [3.63, 3.8) is 0 Å². The Labute approximate surface area is 298 Å². The van der Waals surface area contributed by atoms with Crippen LogP contribution in [-0.4, -0.2) is 49.9 Å². The van der Waals surface area contributed by atoms with Gasteiger partial charge in [-0.1, -0.05) is 34.2 Å². The van der Waals surface area contributed by atoms with Crippen LogP contribution in [0.2, 0.25) is 78.6 Å². The zero-order valence-corrected chi connectivity index (χ0v) is 41.1. The van der Waals surface area contributed by atoms with Gasteiger partial charge in [-0.15, -0.1) is 39.5 Å². The normalized spacial score (nSPS) is 10.2. The van der Waals surface area contributed by atoms with Gasteiger partial charge in [0.25, 0.3) is 0 Å². The van der Waals surface area contributed by atoms with E-state index in [1.54, 1.807) is 0 Å². The van der Waals surface area contributed by atoms with Gasteiger partial charge < -0.3 is 56.9 Å². The molecule has 0 spiro atoms. The summed E-state index contributed by atoms with van der Waals surface area (Å²) in [6.07, 6.45) is 0. The first-order valence-corrected chi connectivity index (χ1v) is 29.3. The van der Waals surface area contributed by atoms with Gasteiger partial charge in [-0.25, -0.2) is 0 Å². The van der Waals surface area contributed by atoms with Gasteiger partial charge in [0.1, 0.15) is 0 Å². The fourth-order valence-corrected chi connectivity index (χ4v) is 20.6. The van der Waals surface area contributed by atoms with Gasteiger partial charge in [0.2, 0.25) is 0 Å². The van der Waals surface area contributed by atoms with Crippen molar-refractivity contribution in [1.82, 2.24) is 0 Å². The summed E-state index contributed by atoms with van der Waals surface area (Å²) < 4.78 is 17.9. The molecule has 3 nitrogen and oxygen atoms in total. The first kappa shape index (κ1) is 73.5. The topological polar surface area (TPSA) is 27.7 Å². The van der Waals surface area contributed by atoms with Crippen LogP contribution >= 0.6 is 0 Å². The molecule has 0 heterocycles. The minimum atomic E-state index is -1.58. The molecule has 0 aromatic carbocycles. The van der Waals surface area contributed by atoms with Crippen molar-refractivity contribution in [3.8, 4) is 0 Å². The van der Waals surface area contributed by atoms with Gasteiger partial charge >= 0.3 is 0 Å². The molecule has 0 N–H and O–H groups in total. The largest absolute Gasteiger partial charge is 0.449 e. The van der Waals surface area contributed by atoms with Crippen molar-refractivity contribution in [2.24, 2.45) is 0 Å². The Morgan fingerprint density at radius 1 is 0.293 bits per heavy atom. The first-order valence-electron chi connectivity index (χ1n) is 11.4. The number of rotatable bonds is 12. The van der Waals surface area contributed by atoms with Crippen LogP contribution in [0.5, 0.6) is 0 Å². The summed E-state index contributed by atoms with van der Waals surface area (Å²) in [6, 6.07) is 0. The summed E-state index contributed by atoms with van der Waals surface area (Å²) in [5.41, 5.74) is 11.8. The van der Waals surface area contributed by atoms with Crippen molar-refractivity contribution in [2.45, 2.75) is 78.6 Å². The van der Waals surface area contributed by atoms with E-state index in [-0.39, 0.29) is 86.7 Å². The first-order chi connectivity index (χ1) is 14.5. The molecule has 0 radical (unpaired) electrons. The van der Waals surface area contributed by atoms with Gasteiger partial charge in [-0.05, 0) is 78.6 Å². The summed E-state index contributed by atoms with van der Waals surface area (Å²) in [6.45, 7) is 48.5. The Morgan fingerprint density at radius 3 is 0.415 bits per heavy atom. The predicted octanol–water partition coefficient (Wildman–Crippen LogP) is 11.3. The average molecular weight is 1040 g/mol. The molecule has 0 saturated heterocycles. The van der Waals surface area contributed by atoms with Crippen molar-refractivity contribution in [1.29, 1.82) is 0 Å². The Hall–Kier alpha value is 0.998. The van der Waals surface area contributed by atoms with Crippen molar-refractivity contribution in [3.05, 3.63) is 118 Å². The van der Waals surface area contributed by atoms with E-state index in [0.29, 0.717) is 0 Å². The number of hydrogen-bond donors (Lipinski definition) is 0. The van der Waals surface area contributed by atoms with E-state index in [1.807, 2.05) is 34.2 Å². The minimum Gasteiger partial charge on any atom is -0.449 e. The maximum Gasteiger partial charge on any atom is 0.198 e. The second-order valence-electron chi connectivity index (χ2n) is 11.2. The quantitative estimate of drug-likeness (QED) is 0.144. The van der Waals surface area contributed by atoms with E-state index in [4.69, 9.17) is 12.3 Å². The van der Waals surface area contributed by atoms with E-state index in [1.165, 1.54) is 0 Å². The summed E-state index contributed by atoms with van der Waals surface area (Å²) >= 11 is 0. The zero-order chi connectivity index (χ0) is 27.4. The number of hydrogen-bond acceptors (Lipinski definition) is 3. The molecule has 11 heteroatoms. The van der Waals surface area contributed by atoms with Crippen molar-refractivity contribution in [2.75, 3.05) is 0 Å². The van der Waals surface area contributed by atoms with E-state index in [0.717, 1.165) is 0 Å². The van der Waals surface area contributed by atoms with Gasteiger partial charge in [0, 0.05) is 42.1 Å². The Bertz CT molecular complexity index is 535. The molecule has 260 valence electrons. The molecule has 0 aromatic rings. The Balaban J connectivity index is -0.0000000333. The molecule has 0 amide bonds. The summed E-state index contributed by atoms with van der Waals surface area (Å²) in [5.74, 6) is 0. The molecule has 0 aliphatic heterocycles. The van der Waals surface area contributed by atoms with Crippen molar-refractivity contribution < 1.29 is 54.5 Å². The fraction of sp³-hybridized carbons (Fsp3) is 0.400. The van der Waals surface area contributed by atoms with Crippen LogP contribution in [0.3, 0.4) is 0 Å². The predicted molar refractivity (Wildman–Crippen MR) is 208 cm³/mol. The molecule has 0 saturated carbocycles. The third-order valence-electron chi connectivity index (χ3n) is 4.53. The second kappa shape index (κ2) is 31.0. The standard InChI is InChI=1S/3C8H18OSi2.6CH3.2Pt/c3*1-7-10(3,4)9-11(5,6)8-2;;;;;;;;/h3*7-8H,1-2H2,3-6H3;6*1H3;;/q;;;6*-1;;. The maximum atomic E-state index is 5.97.